The molecule has 5 nitrogen and oxygen atoms in total. The topological polar surface area (TPSA) is 60.9 Å². The minimum atomic E-state index is -0.877. The van der Waals surface area contributed by atoms with Crippen molar-refractivity contribution < 1.29 is 14.7 Å². The van der Waals surface area contributed by atoms with E-state index >= 15 is 0 Å². The number of rotatable bonds is 5. The fourth-order valence-electron chi connectivity index (χ4n) is 5.15. The van der Waals surface area contributed by atoms with Crippen LogP contribution in [0.15, 0.2) is 48.5 Å². The van der Waals surface area contributed by atoms with Gasteiger partial charge in [0.25, 0.3) is 0 Å². The zero-order chi connectivity index (χ0) is 20.5. The molecule has 0 spiro atoms. The number of aromatic carboxylic acids is 1. The first-order chi connectivity index (χ1) is 14.0. The average molecular weight is 392 g/mol. The van der Waals surface area contributed by atoms with Gasteiger partial charge in [0.2, 0.25) is 5.91 Å². The van der Waals surface area contributed by atoms with Crippen molar-refractivity contribution in [2.24, 2.45) is 11.8 Å². The van der Waals surface area contributed by atoms with Gasteiger partial charge in [0.1, 0.15) is 0 Å². The van der Waals surface area contributed by atoms with Crippen LogP contribution in [-0.2, 0) is 11.3 Å². The van der Waals surface area contributed by atoms with E-state index in [-0.39, 0.29) is 11.9 Å². The Labute approximate surface area is 171 Å². The monoisotopic (exact) mass is 392 g/mol. The fourth-order valence-corrected chi connectivity index (χ4v) is 5.15. The van der Waals surface area contributed by atoms with Crippen LogP contribution in [0.3, 0.4) is 0 Å². The maximum Gasteiger partial charge on any atom is 0.336 e. The van der Waals surface area contributed by atoms with Crippen molar-refractivity contribution in [1.82, 2.24) is 9.80 Å². The van der Waals surface area contributed by atoms with Crippen LogP contribution in [0.25, 0.3) is 0 Å². The number of likely N-dealkylation sites (tertiary alicyclic amines) is 2. The minimum absolute atomic E-state index is 0.105. The molecule has 0 bridgehead atoms. The van der Waals surface area contributed by atoms with E-state index in [0.29, 0.717) is 30.4 Å². The summed E-state index contributed by atoms with van der Waals surface area (Å²) in [4.78, 5) is 28.7. The normalized spacial score (nSPS) is 23.9. The summed E-state index contributed by atoms with van der Waals surface area (Å²) in [5.74, 6) is 0.142. The quantitative estimate of drug-likeness (QED) is 0.842. The molecule has 1 N–H and O–H groups in total. The molecule has 0 aliphatic carbocycles. The molecule has 2 saturated heterocycles. The molecular weight excluding hydrogens is 364 g/mol. The third-order valence-electron chi connectivity index (χ3n) is 6.51. The SMILES string of the molecule is CCC(=O)N1C[C@@H]2CN(Cc3ccccc3C(=O)O)C[C@@H]2[C@@H]1c1ccccc1C. The summed E-state index contributed by atoms with van der Waals surface area (Å²) in [6.45, 7) is 7.25. The minimum Gasteiger partial charge on any atom is -0.478 e. The van der Waals surface area contributed by atoms with Crippen LogP contribution in [0.4, 0.5) is 0 Å². The lowest BCUT2D eigenvalue weighted by molar-refractivity contribution is -0.132. The molecule has 2 aromatic carbocycles. The highest BCUT2D eigenvalue weighted by atomic mass is 16.4. The second kappa shape index (κ2) is 7.99. The lowest BCUT2D eigenvalue weighted by Crippen LogP contribution is -2.35. The maximum atomic E-state index is 12.7. The number of hydrogen-bond acceptors (Lipinski definition) is 3. The molecule has 29 heavy (non-hydrogen) atoms. The van der Waals surface area contributed by atoms with E-state index in [1.165, 1.54) is 11.1 Å². The number of carbonyl (C=O) groups excluding carboxylic acids is 1. The predicted molar refractivity (Wildman–Crippen MR) is 112 cm³/mol. The molecule has 0 aromatic heterocycles. The zero-order valence-corrected chi connectivity index (χ0v) is 17.0. The van der Waals surface area contributed by atoms with Gasteiger partial charge in [-0.25, -0.2) is 4.79 Å². The number of carboxylic acids is 1. The van der Waals surface area contributed by atoms with Crippen molar-refractivity contribution in [3.63, 3.8) is 0 Å². The van der Waals surface area contributed by atoms with Crippen LogP contribution in [-0.4, -0.2) is 46.4 Å². The van der Waals surface area contributed by atoms with E-state index in [9.17, 15) is 14.7 Å². The van der Waals surface area contributed by atoms with Gasteiger partial charge in [0, 0.05) is 38.5 Å². The summed E-state index contributed by atoms with van der Waals surface area (Å²) in [5, 5.41) is 9.48. The Morgan fingerprint density at radius 3 is 2.48 bits per heavy atom. The predicted octanol–water partition coefficient (Wildman–Crippen LogP) is 3.73. The Hall–Kier alpha value is -2.66. The summed E-state index contributed by atoms with van der Waals surface area (Å²) in [6, 6.07) is 15.7. The van der Waals surface area contributed by atoms with Crippen molar-refractivity contribution in [3.05, 3.63) is 70.8 Å². The molecule has 2 fully saturated rings. The summed E-state index contributed by atoms with van der Waals surface area (Å²) >= 11 is 0. The van der Waals surface area contributed by atoms with Crippen LogP contribution in [0.1, 0.15) is 46.4 Å². The standard InChI is InChI=1S/C24H28N2O3/c1-3-22(27)26-14-18-13-25(12-17-9-5-7-11-20(17)24(28)29)15-21(18)23(26)19-10-6-4-8-16(19)2/h4-11,18,21,23H,3,12-15H2,1-2H3,(H,28,29)/t18-,21-,23-/m0/s1. The van der Waals surface area contributed by atoms with Crippen molar-refractivity contribution in [2.45, 2.75) is 32.9 Å². The molecule has 2 aromatic rings. The summed E-state index contributed by atoms with van der Waals surface area (Å²) in [6.07, 6.45) is 0.525. The number of hydrogen-bond donors (Lipinski definition) is 1. The molecule has 2 heterocycles. The van der Waals surface area contributed by atoms with Gasteiger partial charge in [0.15, 0.2) is 0 Å². The number of fused-ring (bicyclic) bond motifs is 1. The summed E-state index contributed by atoms with van der Waals surface area (Å²) in [7, 11) is 0. The van der Waals surface area contributed by atoms with E-state index in [0.717, 1.165) is 25.2 Å². The molecule has 2 aliphatic rings. The third kappa shape index (κ3) is 3.67. The molecular formula is C24H28N2O3. The van der Waals surface area contributed by atoms with Gasteiger partial charge < -0.3 is 10.0 Å². The molecule has 0 unspecified atom stereocenters. The lowest BCUT2D eigenvalue weighted by atomic mass is 9.87. The van der Waals surface area contributed by atoms with Crippen molar-refractivity contribution in [2.75, 3.05) is 19.6 Å². The largest absolute Gasteiger partial charge is 0.478 e. The van der Waals surface area contributed by atoms with Crippen LogP contribution in [0.5, 0.6) is 0 Å². The average Bonchev–Trinajstić information content (AvgIpc) is 3.25. The van der Waals surface area contributed by atoms with Gasteiger partial charge in [-0.1, -0.05) is 49.4 Å². The van der Waals surface area contributed by atoms with Crippen molar-refractivity contribution >= 4 is 11.9 Å². The Morgan fingerprint density at radius 1 is 1.03 bits per heavy atom. The van der Waals surface area contributed by atoms with E-state index in [4.69, 9.17) is 0 Å². The molecule has 152 valence electrons. The molecule has 0 radical (unpaired) electrons. The van der Waals surface area contributed by atoms with Gasteiger partial charge in [-0.2, -0.15) is 0 Å². The van der Waals surface area contributed by atoms with E-state index in [1.54, 1.807) is 12.1 Å². The highest BCUT2D eigenvalue weighted by molar-refractivity contribution is 5.89. The van der Waals surface area contributed by atoms with E-state index in [2.05, 4.69) is 34.9 Å². The number of amides is 1. The highest BCUT2D eigenvalue weighted by Crippen LogP contribution is 2.46. The Balaban J connectivity index is 1.59. The molecule has 2 aliphatic heterocycles. The van der Waals surface area contributed by atoms with Gasteiger partial charge in [-0.05, 0) is 35.6 Å². The first-order valence-electron chi connectivity index (χ1n) is 10.4. The molecule has 5 heteroatoms. The number of carbonyl (C=O) groups is 2. The second-order valence-electron chi connectivity index (χ2n) is 8.28. The number of nitrogens with zero attached hydrogens (tertiary/aromatic N) is 2. The molecule has 0 saturated carbocycles. The Morgan fingerprint density at radius 2 is 1.76 bits per heavy atom. The van der Waals surface area contributed by atoms with Crippen LogP contribution in [0.2, 0.25) is 0 Å². The van der Waals surface area contributed by atoms with Crippen LogP contribution in [0, 0.1) is 18.8 Å². The first-order valence-corrected chi connectivity index (χ1v) is 10.4. The van der Waals surface area contributed by atoms with Crippen molar-refractivity contribution in [1.29, 1.82) is 0 Å². The second-order valence-corrected chi connectivity index (χ2v) is 8.28. The zero-order valence-electron chi connectivity index (χ0n) is 17.0. The number of aryl methyl sites for hydroxylation is 1. The Kier molecular flexibility index (Phi) is 5.41. The van der Waals surface area contributed by atoms with Crippen molar-refractivity contribution in [3.8, 4) is 0 Å². The van der Waals surface area contributed by atoms with Gasteiger partial charge in [-0.15, -0.1) is 0 Å². The summed E-state index contributed by atoms with van der Waals surface area (Å²) in [5.41, 5.74) is 3.70. The van der Waals surface area contributed by atoms with Gasteiger partial charge in [-0.3, -0.25) is 9.69 Å². The molecule has 1 amide bonds. The number of benzene rings is 2. The lowest BCUT2D eigenvalue weighted by Gasteiger charge is -2.31. The smallest absolute Gasteiger partial charge is 0.336 e. The highest BCUT2D eigenvalue weighted by Gasteiger charge is 2.49. The third-order valence-corrected chi connectivity index (χ3v) is 6.51. The molecule has 4 rings (SSSR count). The van der Waals surface area contributed by atoms with Gasteiger partial charge >= 0.3 is 5.97 Å². The maximum absolute atomic E-state index is 12.7. The van der Waals surface area contributed by atoms with Gasteiger partial charge in [0.05, 0.1) is 11.6 Å². The molecule has 3 atom stereocenters. The van der Waals surface area contributed by atoms with Crippen LogP contribution >= 0.6 is 0 Å². The van der Waals surface area contributed by atoms with E-state index < -0.39 is 5.97 Å². The Bertz CT molecular complexity index is 926. The first kappa shape index (κ1) is 19.6. The number of carboxylic acid groups (broad SMARTS) is 1. The van der Waals surface area contributed by atoms with Crippen LogP contribution < -0.4 is 0 Å². The summed E-state index contributed by atoms with van der Waals surface area (Å²) < 4.78 is 0. The fraction of sp³-hybridized carbons (Fsp3) is 0.417. The van der Waals surface area contributed by atoms with E-state index in [1.807, 2.05) is 25.1 Å².